The molecule has 0 saturated heterocycles. The van der Waals surface area contributed by atoms with Crippen LogP contribution in [0.4, 0.5) is 8.78 Å². The molecular weight excluding hydrogens is 207 g/mol. The van der Waals surface area contributed by atoms with E-state index in [0.717, 1.165) is 18.2 Å². The molecule has 1 rings (SSSR count). The van der Waals surface area contributed by atoms with Crippen molar-refractivity contribution in [2.45, 2.75) is 5.13 Å². The minimum Gasteiger partial charge on any atom is -0.330 e. The van der Waals surface area contributed by atoms with Crippen LogP contribution in [0.25, 0.3) is 0 Å². The zero-order valence-corrected chi connectivity index (χ0v) is 7.71. The van der Waals surface area contributed by atoms with Gasteiger partial charge in [-0.2, -0.15) is 0 Å². The predicted molar refractivity (Wildman–Crippen MR) is 47.8 cm³/mol. The topological polar surface area (TPSA) is 26.0 Å². The first-order valence-corrected chi connectivity index (χ1v) is 3.58. The Morgan fingerprint density at radius 1 is 1.67 bits per heavy atom. The van der Waals surface area contributed by atoms with Crippen LogP contribution < -0.4 is 5.73 Å². The minimum absolute atomic E-state index is 0. The summed E-state index contributed by atoms with van der Waals surface area (Å²) in [6.45, 7) is -0.00222. The smallest absolute Gasteiger partial charge is 0.209 e. The summed E-state index contributed by atoms with van der Waals surface area (Å²) < 4.78 is 25.6. The van der Waals surface area contributed by atoms with Gasteiger partial charge in [-0.15, -0.1) is 12.4 Å². The first-order valence-electron chi connectivity index (χ1n) is 3.20. The highest BCUT2D eigenvalue weighted by molar-refractivity contribution is 6.24. The van der Waals surface area contributed by atoms with Gasteiger partial charge in [-0.25, -0.2) is 8.78 Å². The lowest BCUT2D eigenvalue weighted by Crippen LogP contribution is -2.31. The molecule has 5 heteroatoms. The van der Waals surface area contributed by atoms with Crippen molar-refractivity contribution in [1.29, 1.82) is 0 Å². The van der Waals surface area contributed by atoms with E-state index in [-0.39, 0.29) is 19.0 Å². The summed E-state index contributed by atoms with van der Waals surface area (Å²) in [6, 6.07) is 0. The van der Waals surface area contributed by atoms with Crippen molar-refractivity contribution < 1.29 is 8.78 Å². The quantitative estimate of drug-likeness (QED) is 0.668. The molecular formula is C7H9Cl2F2N. The lowest BCUT2D eigenvalue weighted by molar-refractivity contribution is 0.268. The second kappa shape index (κ2) is 4.21. The van der Waals surface area contributed by atoms with E-state index in [0.29, 0.717) is 0 Å². The van der Waals surface area contributed by atoms with Crippen LogP contribution in [0.2, 0.25) is 0 Å². The molecule has 2 unspecified atom stereocenters. The maximum Gasteiger partial charge on any atom is 0.209 e. The highest BCUT2D eigenvalue weighted by atomic mass is 35.5. The molecule has 0 aromatic rings. The van der Waals surface area contributed by atoms with Gasteiger partial charge < -0.3 is 5.73 Å². The number of halogens is 4. The number of alkyl halides is 2. The summed E-state index contributed by atoms with van der Waals surface area (Å²) in [5, 5.41) is -2.02. The van der Waals surface area contributed by atoms with E-state index in [1.54, 1.807) is 0 Å². The molecule has 0 fully saturated rings. The second-order valence-electron chi connectivity index (χ2n) is 2.40. The van der Waals surface area contributed by atoms with Crippen LogP contribution in [0.5, 0.6) is 0 Å². The third-order valence-corrected chi connectivity index (χ3v) is 1.98. The summed E-state index contributed by atoms with van der Waals surface area (Å²) in [6.07, 6.45) is 3.06. The summed E-state index contributed by atoms with van der Waals surface area (Å²) in [5.41, 5.74) is 5.17. The van der Waals surface area contributed by atoms with Gasteiger partial charge >= 0.3 is 0 Å². The number of allylic oxidation sites excluding steroid dienone is 3. The highest BCUT2D eigenvalue weighted by Gasteiger charge is 2.34. The van der Waals surface area contributed by atoms with Crippen molar-refractivity contribution in [3.8, 4) is 0 Å². The Bertz CT molecular complexity index is 213. The van der Waals surface area contributed by atoms with Crippen LogP contribution >= 0.6 is 24.0 Å². The van der Waals surface area contributed by atoms with E-state index in [2.05, 4.69) is 0 Å². The first kappa shape index (κ1) is 11.9. The van der Waals surface area contributed by atoms with Gasteiger partial charge in [-0.05, 0) is 18.2 Å². The number of rotatable bonds is 1. The van der Waals surface area contributed by atoms with Crippen molar-refractivity contribution >= 4 is 24.0 Å². The fraction of sp³-hybridized carbons (Fsp3) is 0.429. The molecule has 2 atom stereocenters. The Kier molecular flexibility index (Phi) is 4.17. The molecule has 0 amide bonds. The molecule has 0 aliphatic heterocycles. The average Bonchev–Trinajstić information content (AvgIpc) is 1.94. The zero-order valence-electron chi connectivity index (χ0n) is 6.14. The van der Waals surface area contributed by atoms with Crippen molar-refractivity contribution in [2.75, 3.05) is 6.54 Å². The van der Waals surface area contributed by atoms with E-state index in [1.165, 1.54) is 0 Å². The van der Waals surface area contributed by atoms with Crippen molar-refractivity contribution in [2.24, 2.45) is 11.7 Å². The van der Waals surface area contributed by atoms with Crippen LogP contribution in [0.3, 0.4) is 0 Å². The van der Waals surface area contributed by atoms with E-state index < -0.39 is 16.9 Å². The Morgan fingerprint density at radius 2 is 2.25 bits per heavy atom. The van der Waals surface area contributed by atoms with Crippen LogP contribution in [-0.4, -0.2) is 11.7 Å². The van der Waals surface area contributed by atoms with Gasteiger partial charge in [0.15, 0.2) is 0 Å². The molecule has 0 aromatic heterocycles. The fourth-order valence-corrected chi connectivity index (χ4v) is 1.11. The summed E-state index contributed by atoms with van der Waals surface area (Å²) in [5.74, 6) is -1.26. The van der Waals surface area contributed by atoms with Gasteiger partial charge in [-0.1, -0.05) is 11.6 Å². The maximum atomic E-state index is 13.1. The van der Waals surface area contributed by atoms with Gasteiger partial charge in [0.1, 0.15) is 5.83 Å². The van der Waals surface area contributed by atoms with Crippen molar-refractivity contribution in [1.82, 2.24) is 0 Å². The Hall–Kier alpha value is -0.120. The van der Waals surface area contributed by atoms with Crippen LogP contribution in [0.15, 0.2) is 24.1 Å². The molecule has 0 bridgehead atoms. The van der Waals surface area contributed by atoms with Crippen LogP contribution in [0, 0.1) is 5.92 Å². The average molecular weight is 216 g/mol. The van der Waals surface area contributed by atoms with Crippen LogP contribution in [-0.2, 0) is 0 Å². The molecule has 0 heterocycles. The van der Waals surface area contributed by atoms with E-state index in [4.69, 9.17) is 17.3 Å². The molecule has 0 spiro atoms. The Labute approximate surface area is 80.7 Å². The lowest BCUT2D eigenvalue weighted by Gasteiger charge is -2.23. The minimum atomic E-state index is -2.02. The molecule has 12 heavy (non-hydrogen) atoms. The molecule has 1 nitrogen and oxygen atoms in total. The third kappa shape index (κ3) is 2.44. The molecule has 2 N–H and O–H groups in total. The Morgan fingerprint density at radius 3 is 2.67 bits per heavy atom. The highest BCUT2D eigenvalue weighted by Crippen LogP contribution is 2.34. The van der Waals surface area contributed by atoms with Gasteiger partial charge in [0, 0.05) is 12.5 Å². The second-order valence-corrected chi connectivity index (χ2v) is 2.98. The molecule has 0 radical (unpaired) electrons. The maximum absolute atomic E-state index is 13.1. The van der Waals surface area contributed by atoms with E-state index in [9.17, 15) is 8.78 Å². The van der Waals surface area contributed by atoms with Crippen LogP contribution in [0.1, 0.15) is 0 Å². The molecule has 0 aromatic carbocycles. The largest absolute Gasteiger partial charge is 0.330 e. The first-order chi connectivity index (χ1) is 5.06. The molecule has 70 valence electrons. The van der Waals surface area contributed by atoms with Gasteiger partial charge in [0.25, 0.3) is 0 Å². The monoisotopic (exact) mass is 215 g/mol. The number of hydrogen-bond donors (Lipinski definition) is 1. The third-order valence-electron chi connectivity index (χ3n) is 1.57. The Balaban J connectivity index is 0.00000121. The summed E-state index contributed by atoms with van der Waals surface area (Å²) in [4.78, 5) is 0. The van der Waals surface area contributed by atoms with E-state index in [1.807, 2.05) is 0 Å². The van der Waals surface area contributed by atoms with Crippen molar-refractivity contribution in [3.05, 3.63) is 24.1 Å². The van der Waals surface area contributed by atoms with Gasteiger partial charge in [-0.3, -0.25) is 0 Å². The summed E-state index contributed by atoms with van der Waals surface area (Å²) in [7, 11) is 0. The molecule has 1 aliphatic rings. The molecule has 1 aliphatic carbocycles. The fourth-order valence-electron chi connectivity index (χ4n) is 0.898. The van der Waals surface area contributed by atoms with Crippen molar-refractivity contribution in [3.63, 3.8) is 0 Å². The lowest BCUT2D eigenvalue weighted by atomic mass is 9.98. The van der Waals surface area contributed by atoms with Gasteiger partial charge in [0.05, 0.1) is 0 Å². The number of nitrogens with two attached hydrogens (primary N) is 1. The van der Waals surface area contributed by atoms with E-state index >= 15 is 0 Å². The van der Waals surface area contributed by atoms with Gasteiger partial charge in [0.2, 0.25) is 5.13 Å². The summed E-state index contributed by atoms with van der Waals surface area (Å²) >= 11 is 5.36. The molecule has 0 saturated carbocycles. The normalized spacial score (nSPS) is 34.0. The number of hydrogen-bond acceptors (Lipinski definition) is 1. The SMILES string of the molecule is Cl.NCC1C=C(F)C=CC1(F)Cl. The predicted octanol–water partition coefficient (Wildman–Crippen LogP) is 2.31. The zero-order chi connectivity index (χ0) is 8.48. The standard InChI is InChI=1S/C7H8ClF2N.ClH/c8-7(10)2-1-6(9)3-5(7)4-11;/h1-3,5H,4,11H2;1H.